The quantitative estimate of drug-likeness (QED) is 0.714. The van der Waals surface area contributed by atoms with Crippen molar-refractivity contribution in [1.82, 2.24) is 15.0 Å². The lowest BCUT2D eigenvalue weighted by atomic mass is 10.1. The van der Waals surface area contributed by atoms with Crippen molar-refractivity contribution in [3.05, 3.63) is 65.9 Å². The lowest BCUT2D eigenvalue weighted by molar-refractivity contribution is 0.570. The number of halogens is 2. The first-order valence-corrected chi connectivity index (χ1v) is 6.10. The molecule has 3 aromatic rings. The fourth-order valence-corrected chi connectivity index (χ4v) is 2.07. The Kier molecular flexibility index (Phi) is 3.02. The molecule has 0 aliphatic heterocycles. The van der Waals surface area contributed by atoms with Gasteiger partial charge < -0.3 is 0 Å². The molecular formula is C15H11F2N3. The van der Waals surface area contributed by atoms with E-state index >= 15 is 0 Å². The van der Waals surface area contributed by atoms with Crippen molar-refractivity contribution in [1.29, 1.82) is 0 Å². The summed E-state index contributed by atoms with van der Waals surface area (Å²) in [6, 6.07) is 12.9. The highest BCUT2D eigenvalue weighted by atomic mass is 19.1. The van der Waals surface area contributed by atoms with Gasteiger partial charge in [0.25, 0.3) is 0 Å². The van der Waals surface area contributed by atoms with Crippen molar-refractivity contribution >= 4 is 0 Å². The zero-order valence-corrected chi connectivity index (χ0v) is 10.7. The monoisotopic (exact) mass is 271 g/mol. The first kappa shape index (κ1) is 12.5. The SMILES string of the molecule is Cc1c(-c2ccccc2)nnn1-c1ccc(F)cc1F. The predicted molar refractivity (Wildman–Crippen MR) is 71.4 cm³/mol. The second-order valence-corrected chi connectivity index (χ2v) is 4.40. The Morgan fingerprint density at radius 1 is 1.00 bits per heavy atom. The summed E-state index contributed by atoms with van der Waals surface area (Å²) >= 11 is 0. The number of aromatic nitrogens is 3. The van der Waals surface area contributed by atoms with Crippen LogP contribution < -0.4 is 0 Å². The summed E-state index contributed by atoms with van der Waals surface area (Å²) < 4.78 is 28.1. The Bertz CT molecular complexity index is 751. The minimum Gasteiger partial charge on any atom is -0.214 e. The van der Waals surface area contributed by atoms with E-state index in [4.69, 9.17) is 0 Å². The van der Waals surface area contributed by atoms with Crippen LogP contribution in [0.1, 0.15) is 5.69 Å². The van der Waals surface area contributed by atoms with Gasteiger partial charge >= 0.3 is 0 Å². The second-order valence-electron chi connectivity index (χ2n) is 4.40. The Morgan fingerprint density at radius 2 is 1.75 bits per heavy atom. The maximum Gasteiger partial charge on any atom is 0.151 e. The molecule has 0 saturated heterocycles. The minimum atomic E-state index is -0.669. The van der Waals surface area contributed by atoms with E-state index in [-0.39, 0.29) is 5.69 Å². The summed E-state index contributed by atoms with van der Waals surface area (Å²) in [5.74, 6) is -1.29. The number of rotatable bonds is 2. The van der Waals surface area contributed by atoms with Crippen LogP contribution in [0, 0.1) is 18.6 Å². The van der Waals surface area contributed by atoms with E-state index in [1.807, 2.05) is 30.3 Å². The van der Waals surface area contributed by atoms with Crippen LogP contribution in [0.25, 0.3) is 16.9 Å². The van der Waals surface area contributed by atoms with Crippen molar-refractivity contribution in [2.24, 2.45) is 0 Å². The van der Waals surface area contributed by atoms with Crippen LogP contribution in [-0.4, -0.2) is 15.0 Å². The van der Waals surface area contributed by atoms with Gasteiger partial charge in [-0.15, -0.1) is 5.10 Å². The van der Waals surface area contributed by atoms with Gasteiger partial charge in [-0.3, -0.25) is 0 Å². The van der Waals surface area contributed by atoms with Crippen LogP contribution in [0.4, 0.5) is 8.78 Å². The Morgan fingerprint density at radius 3 is 2.45 bits per heavy atom. The van der Waals surface area contributed by atoms with Gasteiger partial charge in [-0.25, -0.2) is 13.5 Å². The highest BCUT2D eigenvalue weighted by Gasteiger charge is 2.14. The van der Waals surface area contributed by atoms with Crippen molar-refractivity contribution in [3.8, 4) is 16.9 Å². The van der Waals surface area contributed by atoms with Gasteiger partial charge in [0, 0.05) is 11.6 Å². The molecule has 1 aromatic heterocycles. The smallest absolute Gasteiger partial charge is 0.151 e. The van der Waals surface area contributed by atoms with Crippen LogP contribution >= 0.6 is 0 Å². The molecule has 0 aliphatic carbocycles. The van der Waals surface area contributed by atoms with E-state index in [2.05, 4.69) is 10.3 Å². The molecule has 0 amide bonds. The van der Waals surface area contributed by atoms with E-state index in [1.165, 1.54) is 16.8 Å². The molecule has 0 aliphatic rings. The first-order valence-electron chi connectivity index (χ1n) is 6.10. The highest BCUT2D eigenvalue weighted by molar-refractivity contribution is 5.61. The molecule has 0 fully saturated rings. The summed E-state index contributed by atoms with van der Waals surface area (Å²) in [4.78, 5) is 0. The maximum absolute atomic E-state index is 13.8. The van der Waals surface area contributed by atoms with Gasteiger partial charge in [0.2, 0.25) is 0 Å². The molecule has 0 bridgehead atoms. The average molecular weight is 271 g/mol. The summed E-state index contributed by atoms with van der Waals surface area (Å²) in [7, 11) is 0. The van der Waals surface area contributed by atoms with Crippen molar-refractivity contribution in [3.63, 3.8) is 0 Å². The van der Waals surface area contributed by atoms with Gasteiger partial charge in [0.1, 0.15) is 17.2 Å². The van der Waals surface area contributed by atoms with Crippen LogP contribution in [0.3, 0.4) is 0 Å². The number of hydrogen-bond acceptors (Lipinski definition) is 2. The van der Waals surface area contributed by atoms with E-state index in [9.17, 15) is 8.78 Å². The molecule has 0 saturated carbocycles. The molecule has 5 heteroatoms. The topological polar surface area (TPSA) is 30.7 Å². The molecule has 0 N–H and O–H groups in total. The molecule has 3 rings (SSSR count). The standard InChI is InChI=1S/C15H11F2N3/c1-10-15(11-5-3-2-4-6-11)18-19-20(10)14-8-7-12(16)9-13(14)17/h2-9H,1H3. The van der Waals surface area contributed by atoms with Gasteiger partial charge in [-0.05, 0) is 19.1 Å². The van der Waals surface area contributed by atoms with E-state index < -0.39 is 11.6 Å². The van der Waals surface area contributed by atoms with E-state index in [1.54, 1.807) is 6.92 Å². The molecule has 1 heterocycles. The number of benzene rings is 2. The minimum absolute atomic E-state index is 0.179. The molecule has 100 valence electrons. The van der Waals surface area contributed by atoms with Crippen LogP contribution in [0.2, 0.25) is 0 Å². The van der Waals surface area contributed by atoms with Gasteiger partial charge in [0.05, 0.1) is 5.69 Å². The first-order chi connectivity index (χ1) is 9.66. The van der Waals surface area contributed by atoms with Crippen LogP contribution in [-0.2, 0) is 0 Å². The molecule has 3 nitrogen and oxygen atoms in total. The summed E-state index contributed by atoms with van der Waals surface area (Å²) in [6.45, 7) is 1.80. The van der Waals surface area contributed by atoms with Gasteiger partial charge in [-0.2, -0.15) is 0 Å². The number of hydrogen-bond donors (Lipinski definition) is 0. The molecule has 0 atom stereocenters. The van der Waals surface area contributed by atoms with Crippen molar-refractivity contribution in [2.45, 2.75) is 6.92 Å². The third kappa shape index (κ3) is 2.07. The lowest BCUT2D eigenvalue weighted by Crippen LogP contribution is -2.02. The highest BCUT2D eigenvalue weighted by Crippen LogP contribution is 2.23. The Labute approximate surface area is 114 Å². The molecular weight excluding hydrogens is 260 g/mol. The van der Waals surface area contributed by atoms with Crippen LogP contribution in [0.5, 0.6) is 0 Å². The summed E-state index contributed by atoms with van der Waals surface area (Å²) in [5.41, 5.74) is 2.45. The normalized spacial score (nSPS) is 10.8. The fraction of sp³-hybridized carbons (Fsp3) is 0.0667. The zero-order valence-electron chi connectivity index (χ0n) is 10.7. The Hall–Kier alpha value is -2.56. The molecule has 20 heavy (non-hydrogen) atoms. The van der Waals surface area contributed by atoms with E-state index in [0.29, 0.717) is 11.4 Å². The fourth-order valence-electron chi connectivity index (χ4n) is 2.07. The molecule has 0 unspecified atom stereocenters. The Balaban J connectivity index is 2.11. The molecule has 0 radical (unpaired) electrons. The third-order valence-electron chi connectivity index (χ3n) is 3.08. The van der Waals surface area contributed by atoms with Crippen molar-refractivity contribution in [2.75, 3.05) is 0 Å². The number of nitrogens with zero attached hydrogens (tertiary/aromatic N) is 3. The summed E-state index contributed by atoms with van der Waals surface area (Å²) in [5, 5.41) is 8.04. The molecule has 2 aromatic carbocycles. The van der Waals surface area contributed by atoms with Gasteiger partial charge in [-0.1, -0.05) is 35.5 Å². The zero-order chi connectivity index (χ0) is 14.1. The molecule has 0 spiro atoms. The van der Waals surface area contributed by atoms with E-state index in [0.717, 1.165) is 11.6 Å². The van der Waals surface area contributed by atoms with Crippen molar-refractivity contribution < 1.29 is 8.78 Å². The average Bonchev–Trinajstić information content (AvgIpc) is 2.82. The second kappa shape index (κ2) is 4.85. The van der Waals surface area contributed by atoms with Gasteiger partial charge in [0.15, 0.2) is 5.82 Å². The third-order valence-corrected chi connectivity index (χ3v) is 3.08. The maximum atomic E-state index is 13.8. The van der Waals surface area contributed by atoms with Crippen LogP contribution in [0.15, 0.2) is 48.5 Å². The largest absolute Gasteiger partial charge is 0.214 e. The predicted octanol–water partition coefficient (Wildman–Crippen LogP) is 3.52. The lowest BCUT2D eigenvalue weighted by Gasteiger charge is -2.05. The summed E-state index contributed by atoms with van der Waals surface area (Å²) in [6.07, 6.45) is 0.